The first kappa shape index (κ1) is 15.9. The number of pyridine rings is 1. The van der Waals surface area contributed by atoms with E-state index in [0.717, 1.165) is 12.1 Å². The van der Waals surface area contributed by atoms with Gasteiger partial charge in [0.05, 0.1) is 17.5 Å². The molecule has 0 aliphatic rings. The maximum atomic E-state index is 12.8. The van der Waals surface area contributed by atoms with Gasteiger partial charge < -0.3 is 0 Å². The summed E-state index contributed by atoms with van der Waals surface area (Å²) in [6, 6.07) is 8.43. The molecule has 0 aliphatic heterocycles. The van der Waals surface area contributed by atoms with Crippen LogP contribution in [0, 0.1) is 0 Å². The monoisotopic (exact) mass is 331 g/mol. The van der Waals surface area contributed by atoms with E-state index in [1.54, 1.807) is 37.7 Å². The van der Waals surface area contributed by atoms with Crippen molar-refractivity contribution >= 4 is 6.21 Å². The van der Waals surface area contributed by atoms with Gasteiger partial charge in [-0.25, -0.2) is 0 Å². The molecule has 0 saturated heterocycles. The highest BCUT2D eigenvalue weighted by molar-refractivity contribution is 5.86. The van der Waals surface area contributed by atoms with Gasteiger partial charge in [-0.1, -0.05) is 12.1 Å². The summed E-state index contributed by atoms with van der Waals surface area (Å²) in [6.45, 7) is 0. The quantitative estimate of drug-likeness (QED) is 0.746. The first-order valence-electron chi connectivity index (χ1n) is 6.96. The van der Waals surface area contributed by atoms with E-state index in [0.29, 0.717) is 28.2 Å². The van der Waals surface area contributed by atoms with Crippen molar-refractivity contribution in [1.82, 2.24) is 20.4 Å². The van der Waals surface area contributed by atoms with Crippen molar-refractivity contribution in [2.75, 3.05) is 7.05 Å². The minimum Gasteiger partial charge on any atom is -0.294 e. The van der Waals surface area contributed by atoms with Gasteiger partial charge in [0.15, 0.2) is 0 Å². The van der Waals surface area contributed by atoms with Gasteiger partial charge in [-0.15, -0.1) is 0 Å². The van der Waals surface area contributed by atoms with Crippen molar-refractivity contribution in [1.29, 1.82) is 0 Å². The zero-order chi connectivity index (χ0) is 17.2. The third kappa shape index (κ3) is 3.17. The number of benzene rings is 1. The largest absolute Gasteiger partial charge is 0.416 e. The Kier molecular flexibility index (Phi) is 4.11. The van der Waals surface area contributed by atoms with Gasteiger partial charge in [0.25, 0.3) is 0 Å². The van der Waals surface area contributed by atoms with E-state index in [4.69, 9.17) is 0 Å². The van der Waals surface area contributed by atoms with Crippen LogP contribution in [0.2, 0.25) is 0 Å². The summed E-state index contributed by atoms with van der Waals surface area (Å²) in [5, 5.41) is 10.5. The van der Waals surface area contributed by atoms with E-state index in [-0.39, 0.29) is 0 Å². The lowest BCUT2D eigenvalue weighted by Gasteiger charge is -2.08. The van der Waals surface area contributed by atoms with E-state index >= 15 is 0 Å². The second kappa shape index (κ2) is 6.23. The van der Waals surface area contributed by atoms with Gasteiger partial charge in [-0.05, 0) is 24.3 Å². The smallest absolute Gasteiger partial charge is 0.294 e. The molecule has 5 nitrogen and oxygen atoms in total. The van der Waals surface area contributed by atoms with Crippen LogP contribution in [0.5, 0.6) is 0 Å². The van der Waals surface area contributed by atoms with Crippen molar-refractivity contribution in [3.8, 4) is 22.5 Å². The fourth-order valence-electron chi connectivity index (χ4n) is 2.22. The molecule has 8 heteroatoms. The fourth-order valence-corrected chi connectivity index (χ4v) is 2.22. The summed E-state index contributed by atoms with van der Waals surface area (Å²) >= 11 is 0. The molecular formula is C16H12F3N5. The predicted octanol–water partition coefficient (Wildman–Crippen LogP) is 3.60. The molecule has 0 fully saturated rings. The Labute approximate surface area is 135 Å². The number of rotatable bonds is 3. The standard InChI is InChI=1S/C16H12F3N5/c1-20-9-14-15(23-24-22-14)11-5-6-13(21-8-11)10-3-2-4-12(7-10)16(17,18)19/h2-9H,1H3,(H,22,23,24). The van der Waals surface area contributed by atoms with Crippen LogP contribution in [0.15, 0.2) is 47.6 Å². The van der Waals surface area contributed by atoms with Gasteiger partial charge >= 0.3 is 6.18 Å². The second-order valence-electron chi connectivity index (χ2n) is 4.96. The lowest BCUT2D eigenvalue weighted by atomic mass is 10.1. The molecule has 1 aromatic carbocycles. The number of aromatic amines is 1. The number of alkyl halides is 3. The van der Waals surface area contributed by atoms with Gasteiger partial charge in [-0.2, -0.15) is 28.6 Å². The Balaban J connectivity index is 1.94. The Bertz CT molecular complexity index is 866. The summed E-state index contributed by atoms with van der Waals surface area (Å²) in [7, 11) is 1.62. The molecule has 0 aliphatic carbocycles. The lowest BCUT2D eigenvalue weighted by Crippen LogP contribution is -2.04. The van der Waals surface area contributed by atoms with Crippen molar-refractivity contribution in [3.63, 3.8) is 0 Å². The number of aromatic nitrogens is 4. The van der Waals surface area contributed by atoms with Crippen LogP contribution in [0.1, 0.15) is 11.3 Å². The molecular weight excluding hydrogens is 319 g/mol. The molecule has 0 saturated carbocycles. The van der Waals surface area contributed by atoms with E-state index in [9.17, 15) is 13.2 Å². The molecule has 24 heavy (non-hydrogen) atoms. The first-order valence-corrected chi connectivity index (χ1v) is 6.96. The van der Waals surface area contributed by atoms with E-state index in [1.807, 2.05) is 0 Å². The summed E-state index contributed by atoms with van der Waals surface area (Å²) < 4.78 is 38.4. The Morgan fingerprint density at radius 1 is 1.08 bits per heavy atom. The maximum absolute atomic E-state index is 12.8. The average molecular weight is 331 g/mol. The highest BCUT2D eigenvalue weighted by Gasteiger charge is 2.30. The van der Waals surface area contributed by atoms with Gasteiger partial charge in [0, 0.05) is 24.4 Å². The molecule has 0 amide bonds. The van der Waals surface area contributed by atoms with E-state index in [1.165, 1.54) is 6.07 Å². The number of nitrogens with zero attached hydrogens (tertiary/aromatic N) is 4. The molecule has 0 atom stereocenters. The van der Waals surface area contributed by atoms with Crippen molar-refractivity contribution in [2.45, 2.75) is 6.18 Å². The van der Waals surface area contributed by atoms with Crippen LogP contribution in [0.25, 0.3) is 22.5 Å². The number of halogens is 3. The van der Waals surface area contributed by atoms with E-state index < -0.39 is 11.7 Å². The molecule has 3 aromatic rings. The number of aliphatic imine (C=N–C) groups is 1. The van der Waals surface area contributed by atoms with Crippen LogP contribution in [0.3, 0.4) is 0 Å². The van der Waals surface area contributed by atoms with Crippen LogP contribution >= 0.6 is 0 Å². The fraction of sp³-hybridized carbons (Fsp3) is 0.125. The highest BCUT2D eigenvalue weighted by Crippen LogP contribution is 2.32. The zero-order valence-corrected chi connectivity index (χ0v) is 12.5. The topological polar surface area (TPSA) is 66.8 Å². The van der Waals surface area contributed by atoms with Crippen molar-refractivity contribution < 1.29 is 13.2 Å². The molecule has 2 aromatic heterocycles. The third-order valence-electron chi connectivity index (χ3n) is 3.35. The van der Waals surface area contributed by atoms with Crippen LogP contribution in [-0.4, -0.2) is 33.7 Å². The Hall–Kier alpha value is -3.03. The second-order valence-corrected chi connectivity index (χ2v) is 4.96. The number of nitrogens with one attached hydrogen (secondary N) is 1. The molecule has 1 N–H and O–H groups in total. The summed E-state index contributed by atoms with van der Waals surface area (Å²) in [5.74, 6) is 0. The number of H-pyrrole nitrogens is 1. The van der Waals surface area contributed by atoms with Crippen LogP contribution in [-0.2, 0) is 6.18 Å². The summed E-state index contributed by atoms with van der Waals surface area (Å²) in [4.78, 5) is 8.12. The molecule has 122 valence electrons. The molecule has 0 bridgehead atoms. The predicted molar refractivity (Wildman–Crippen MR) is 83.6 cm³/mol. The summed E-state index contributed by atoms with van der Waals surface area (Å²) in [6.07, 6.45) is -1.29. The first-order chi connectivity index (χ1) is 11.5. The lowest BCUT2D eigenvalue weighted by molar-refractivity contribution is -0.137. The Morgan fingerprint density at radius 3 is 2.58 bits per heavy atom. The highest BCUT2D eigenvalue weighted by atomic mass is 19.4. The number of hydrogen-bond acceptors (Lipinski definition) is 4. The SMILES string of the molecule is CN=Cc1n[nH]nc1-c1ccc(-c2cccc(C(F)(F)F)c2)nc1. The van der Waals surface area contributed by atoms with Crippen molar-refractivity contribution in [2.24, 2.45) is 4.99 Å². The van der Waals surface area contributed by atoms with Gasteiger partial charge in [-0.3, -0.25) is 9.98 Å². The van der Waals surface area contributed by atoms with Crippen LogP contribution in [0.4, 0.5) is 13.2 Å². The average Bonchev–Trinajstić information content (AvgIpc) is 3.03. The third-order valence-corrected chi connectivity index (χ3v) is 3.35. The van der Waals surface area contributed by atoms with E-state index in [2.05, 4.69) is 25.4 Å². The number of hydrogen-bond donors (Lipinski definition) is 1. The van der Waals surface area contributed by atoms with Gasteiger partial charge in [0.1, 0.15) is 11.4 Å². The minimum absolute atomic E-state index is 0.395. The molecule has 0 unspecified atom stereocenters. The Morgan fingerprint density at radius 2 is 1.92 bits per heavy atom. The summed E-state index contributed by atoms with van der Waals surface area (Å²) in [5.41, 5.74) is 1.96. The van der Waals surface area contributed by atoms with Crippen LogP contribution < -0.4 is 0 Å². The molecule has 0 spiro atoms. The molecule has 2 heterocycles. The minimum atomic E-state index is -4.38. The molecule has 0 radical (unpaired) electrons. The molecule has 3 rings (SSSR count). The van der Waals surface area contributed by atoms with Crippen molar-refractivity contribution in [3.05, 3.63) is 53.9 Å². The zero-order valence-electron chi connectivity index (χ0n) is 12.5. The maximum Gasteiger partial charge on any atom is 0.416 e. The normalized spacial score (nSPS) is 12.0. The van der Waals surface area contributed by atoms with Gasteiger partial charge in [0.2, 0.25) is 0 Å².